The standard InChI is InChI=1S/5C4H9.2Al.H/c5*1-4(2)3;;;/h3*1-3H3;2*4H,1H2,2-3H3;;;/q;;;;;;+1;-1. The summed E-state index contributed by atoms with van der Waals surface area (Å²) in [6.07, 6.45) is 0. The van der Waals surface area contributed by atoms with Crippen molar-refractivity contribution in [2.75, 3.05) is 0 Å². The molecule has 0 bridgehead atoms. The Morgan fingerprint density at radius 2 is 0.864 bits per heavy atom. The van der Waals surface area contributed by atoms with Gasteiger partial charge in [0.15, 0.2) is 0 Å². The predicted molar refractivity (Wildman–Crippen MR) is 111 cm³/mol. The molecule has 0 aliphatic rings. The van der Waals surface area contributed by atoms with Crippen molar-refractivity contribution < 1.29 is 1.43 Å². The summed E-state index contributed by atoms with van der Waals surface area (Å²) in [6.45, 7) is 31.0. The molecule has 132 valence electrons. The van der Waals surface area contributed by atoms with Crippen molar-refractivity contribution >= 4 is 29.4 Å². The largest absolute Gasteiger partial charge is 1.00 e. The van der Waals surface area contributed by atoms with Crippen LogP contribution < -0.4 is 0 Å². The van der Waals surface area contributed by atoms with Gasteiger partial charge in [0.2, 0.25) is 0 Å². The van der Waals surface area contributed by atoms with Crippen LogP contribution in [0.5, 0.6) is 0 Å². The molecule has 0 spiro atoms. The topological polar surface area (TPSA) is 0 Å². The summed E-state index contributed by atoms with van der Waals surface area (Å²) in [6, 6.07) is 0. The Bertz CT molecular complexity index is 236. The minimum atomic E-state index is -0.799. The molecule has 0 N–H and O–H groups in total. The van der Waals surface area contributed by atoms with Crippen molar-refractivity contribution in [2.24, 2.45) is 11.8 Å². The molecule has 0 aromatic carbocycles. The molecule has 0 radical (unpaired) electrons. The molecule has 0 amide bonds. The molecular formula is C20H46Al2. The van der Waals surface area contributed by atoms with Crippen LogP contribution in [0.3, 0.4) is 0 Å². The average Bonchev–Trinajstić information content (AvgIpc) is 2.07. The molecule has 0 aromatic rings. The molecule has 0 fully saturated rings. The van der Waals surface area contributed by atoms with Gasteiger partial charge in [0.1, 0.15) is 0 Å². The van der Waals surface area contributed by atoms with Gasteiger partial charge in [-0.25, -0.2) is 0 Å². The van der Waals surface area contributed by atoms with E-state index in [1.807, 2.05) is 0 Å². The van der Waals surface area contributed by atoms with Crippen molar-refractivity contribution in [3.05, 3.63) is 0 Å². The molecule has 0 aromatic heterocycles. The molecule has 0 unspecified atom stereocenters. The van der Waals surface area contributed by atoms with Crippen LogP contribution in [0.25, 0.3) is 0 Å². The molecule has 0 aliphatic heterocycles. The summed E-state index contributed by atoms with van der Waals surface area (Å²) in [4.78, 5) is 0. The monoisotopic (exact) mass is 340 g/mol. The van der Waals surface area contributed by atoms with Crippen molar-refractivity contribution in [1.82, 2.24) is 0 Å². The number of hydrogen-bond acceptors (Lipinski definition) is 0. The summed E-state index contributed by atoms with van der Waals surface area (Å²) in [7, 11) is 0. The third-order valence-corrected chi connectivity index (χ3v) is 11.6. The van der Waals surface area contributed by atoms with E-state index in [9.17, 15) is 0 Å². The van der Waals surface area contributed by atoms with Crippen LogP contribution in [0.4, 0.5) is 0 Å². The van der Waals surface area contributed by atoms with Gasteiger partial charge in [0.25, 0.3) is 14.1 Å². The summed E-state index contributed by atoms with van der Waals surface area (Å²) in [5.41, 5.74) is 0. The van der Waals surface area contributed by atoms with Crippen LogP contribution in [0.15, 0.2) is 0 Å². The predicted octanol–water partition coefficient (Wildman–Crippen LogP) is 7.83. The smallest absolute Gasteiger partial charge is 0.279 e. The van der Waals surface area contributed by atoms with Gasteiger partial charge < -0.3 is 1.43 Å². The molecule has 0 nitrogen and oxygen atoms in total. The first-order valence-corrected chi connectivity index (χ1v) is 12.7. The Morgan fingerprint density at radius 3 is 0.955 bits per heavy atom. The van der Waals surface area contributed by atoms with Crippen molar-refractivity contribution in [2.45, 2.75) is 113 Å². The van der Waals surface area contributed by atoms with Crippen molar-refractivity contribution in [1.29, 1.82) is 0 Å². The minimum Gasteiger partial charge on any atom is -1.00 e. The third kappa shape index (κ3) is 13.5. The zero-order valence-corrected chi connectivity index (χ0v) is 20.5. The summed E-state index contributed by atoms with van der Waals surface area (Å²) in [5.74, 6) is 1.86. The van der Waals surface area contributed by atoms with Crippen LogP contribution in [-0.4, -0.2) is 29.4 Å². The maximum absolute atomic E-state index is 2.42. The van der Waals surface area contributed by atoms with Gasteiger partial charge in [-0.2, -0.15) is 0 Å². The zero-order chi connectivity index (χ0) is 18.4. The van der Waals surface area contributed by atoms with Gasteiger partial charge in [-0.15, -0.1) is 0 Å². The van der Waals surface area contributed by atoms with Gasteiger partial charge in [0.05, 0.1) is 0 Å². The molecule has 0 rings (SSSR count). The minimum absolute atomic E-state index is 0. The van der Waals surface area contributed by atoms with E-state index < -0.39 is 14.1 Å². The first-order valence-electron chi connectivity index (χ1n) is 9.31. The van der Waals surface area contributed by atoms with Crippen LogP contribution in [0, 0.1) is 11.8 Å². The van der Waals surface area contributed by atoms with Crippen molar-refractivity contribution in [3.8, 4) is 0 Å². The Morgan fingerprint density at radius 1 is 0.636 bits per heavy atom. The van der Waals surface area contributed by atoms with E-state index in [0.717, 1.165) is 27.1 Å². The Labute approximate surface area is 155 Å². The third-order valence-electron chi connectivity index (χ3n) is 3.87. The fourth-order valence-corrected chi connectivity index (χ4v) is 14.0. The first-order chi connectivity index (χ1) is 9.49. The van der Waals surface area contributed by atoms with E-state index in [-0.39, 0.29) is 1.43 Å². The maximum atomic E-state index is 2.42. The average molecular weight is 341 g/mol. The molecule has 0 saturated heterocycles. The summed E-state index contributed by atoms with van der Waals surface area (Å²) < 4.78 is 1.57. The second kappa shape index (κ2) is 10.1. The second-order valence-electron chi connectivity index (χ2n) is 11.1. The maximum Gasteiger partial charge on any atom is 0.279 e. The Balaban J connectivity index is -0.000000354. The van der Waals surface area contributed by atoms with E-state index in [1.54, 1.807) is 0 Å². The Hall–Kier alpha value is 1.06. The normalized spacial score (nSPS) is 12.9. The molecular weight excluding hydrogens is 294 g/mol. The number of rotatable bonds is 4. The van der Waals surface area contributed by atoms with Gasteiger partial charge in [-0.3, -0.25) is 0 Å². The fourth-order valence-electron chi connectivity index (χ4n) is 4.66. The SMILES string of the molecule is CC(C)[CH2][Al+][CH2]C(C)C.C[C](C)(C)[Al]([C](C)(C)C)[C](C)(C)C.[H-]. The van der Waals surface area contributed by atoms with Gasteiger partial charge in [-0.05, 0) is 0 Å². The van der Waals surface area contributed by atoms with E-state index in [4.69, 9.17) is 0 Å². The van der Waals surface area contributed by atoms with Crippen LogP contribution in [-0.2, 0) is 0 Å². The summed E-state index contributed by atoms with van der Waals surface area (Å²) >= 11 is -0.0440. The molecule has 0 atom stereocenters. The Kier molecular flexibility index (Phi) is 11.7. The fraction of sp³-hybridized carbons (Fsp3) is 1.00. The molecule has 2 heteroatoms. The van der Waals surface area contributed by atoms with Gasteiger partial charge in [-0.1, -0.05) is 75.1 Å². The van der Waals surface area contributed by atoms with Crippen LogP contribution >= 0.6 is 0 Å². The quantitative estimate of drug-likeness (QED) is 0.457. The van der Waals surface area contributed by atoms with Gasteiger partial charge >= 0.3 is 65.3 Å². The van der Waals surface area contributed by atoms with E-state index >= 15 is 0 Å². The van der Waals surface area contributed by atoms with Crippen molar-refractivity contribution in [3.63, 3.8) is 0 Å². The molecule has 0 aliphatic carbocycles. The van der Waals surface area contributed by atoms with E-state index in [0.29, 0.717) is 12.8 Å². The van der Waals surface area contributed by atoms with Crippen LogP contribution in [0.1, 0.15) is 91.4 Å². The number of hydrogen-bond donors (Lipinski definition) is 0. The van der Waals surface area contributed by atoms with E-state index in [1.165, 1.54) is 10.6 Å². The molecule has 0 heterocycles. The summed E-state index contributed by atoms with van der Waals surface area (Å²) in [5, 5.41) is 2.97. The van der Waals surface area contributed by atoms with Gasteiger partial charge in [0, 0.05) is 0 Å². The molecule has 22 heavy (non-hydrogen) atoms. The molecule has 0 saturated carbocycles. The van der Waals surface area contributed by atoms with Crippen LogP contribution in [0.2, 0.25) is 23.4 Å². The second-order valence-corrected chi connectivity index (χ2v) is 18.7. The van der Waals surface area contributed by atoms with E-state index in [2.05, 4.69) is 90.0 Å². The first kappa shape index (κ1) is 25.3. The zero-order valence-electron chi connectivity index (χ0n) is 19.2.